The summed E-state index contributed by atoms with van der Waals surface area (Å²) in [5.41, 5.74) is -1.36. The Morgan fingerprint density at radius 1 is 1.10 bits per heavy atom. The molecule has 2 amide bonds. The summed E-state index contributed by atoms with van der Waals surface area (Å²) >= 11 is 7.37. The molecule has 11 nitrogen and oxygen atoms in total. The zero-order valence-corrected chi connectivity index (χ0v) is 31.1. The summed E-state index contributed by atoms with van der Waals surface area (Å²) in [5, 5.41) is 8.12. The average molecular weight is 752 g/mol. The van der Waals surface area contributed by atoms with E-state index in [4.69, 9.17) is 21.1 Å². The van der Waals surface area contributed by atoms with Crippen molar-refractivity contribution in [2.75, 3.05) is 25.0 Å². The van der Waals surface area contributed by atoms with Gasteiger partial charge in [0.1, 0.15) is 15.8 Å². The van der Waals surface area contributed by atoms with Gasteiger partial charge in [0, 0.05) is 42.8 Å². The number of nitrogens with zero attached hydrogens (tertiary/aromatic N) is 5. The highest BCUT2D eigenvalue weighted by atomic mass is 35.5. The maximum Gasteiger partial charge on any atom is 0.410 e. The summed E-state index contributed by atoms with van der Waals surface area (Å²) in [4.78, 5) is 36.0. The molecule has 0 bridgehead atoms. The minimum Gasteiger partial charge on any atom is -0.477 e. The molecular formula is C35H45ClF3N7O4S. The molecule has 1 saturated carbocycles. The first-order valence-corrected chi connectivity index (χ1v) is 18.2. The van der Waals surface area contributed by atoms with Gasteiger partial charge >= 0.3 is 12.3 Å². The first-order valence-electron chi connectivity index (χ1n) is 17.0. The Bertz CT molecular complexity index is 1680. The van der Waals surface area contributed by atoms with Crippen molar-refractivity contribution in [1.82, 2.24) is 29.4 Å². The smallest absolute Gasteiger partial charge is 0.410 e. The van der Waals surface area contributed by atoms with Crippen molar-refractivity contribution in [3.05, 3.63) is 53.4 Å². The minimum absolute atomic E-state index is 0.0473. The molecule has 0 aromatic carbocycles. The van der Waals surface area contributed by atoms with Gasteiger partial charge in [-0.2, -0.15) is 13.2 Å². The molecule has 2 fully saturated rings. The van der Waals surface area contributed by atoms with Crippen LogP contribution in [0.3, 0.4) is 0 Å². The topological polar surface area (TPSA) is 124 Å². The van der Waals surface area contributed by atoms with Crippen LogP contribution in [0.15, 0.2) is 47.8 Å². The zero-order valence-electron chi connectivity index (χ0n) is 29.5. The number of halogens is 4. The molecule has 0 radical (unpaired) electrons. The molecule has 1 saturated heterocycles. The molecule has 16 heteroatoms. The number of pyridine rings is 2. The molecule has 1 aliphatic carbocycles. The molecule has 2 aliphatic rings. The number of rotatable bonds is 14. The third kappa shape index (κ3) is 10.2. The molecule has 1 unspecified atom stereocenters. The minimum atomic E-state index is -4.23. The summed E-state index contributed by atoms with van der Waals surface area (Å²) in [6.45, 7) is 11.2. The predicted octanol–water partition coefficient (Wildman–Crippen LogP) is 8.48. The number of carbonyl (C=O) groups excluding carboxylic acids is 2. The van der Waals surface area contributed by atoms with Crippen LogP contribution in [0.2, 0.25) is 5.15 Å². The lowest BCUT2D eigenvalue weighted by molar-refractivity contribution is -0.190. The Balaban J connectivity index is 1.00. The van der Waals surface area contributed by atoms with Crippen molar-refractivity contribution in [2.45, 2.75) is 102 Å². The molecule has 51 heavy (non-hydrogen) atoms. The van der Waals surface area contributed by atoms with Crippen LogP contribution in [-0.4, -0.2) is 73.7 Å². The van der Waals surface area contributed by atoms with Gasteiger partial charge in [0.25, 0.3) is 5.91 Å². The number of carbonyl (C=O) groups is 2. The molecular weight excluding hydrogens is 707 g/mol. The van der Waals surface area contributed by atoms with Crippen molar-refractivity contribution < 1.29 is 32.2 Å². The number of aromatic nitrogens is 4. The van der Waals surface area contributed by atoms with Crippen LogP contribution in [0, 0.1) is 11.3 Å². The highest BCUT2D eigenvalue weighted by Gasteiger charge is 2.62. The number of likely N-dealkylation sites (tertiary alicyclic amines) is 1. The van der Waals surface area contributed by atoms with Crippen molar-refractivity contribution in [2.24, 2.45) is 11.3 Å². The van der Waals surface area contributed by atoms with Crippen LogP contribution >= 0.6 is 23.5 Å². The monoisotopic (exact) mass is 751 g/mol. The summed E-state index contributed by atoms with van der Waals surface area (Å²) in [7, 11) is 0. The van der Waals surface area contributed by atoms with Crippen LogP contribution in [0.25, 0.3) is 5.82 Å². The lowest BCUT2D eigenvalue weighted by Crippen LogP contribution is -2.45. The molecule has 1 atom stereocenters. The highest BCUT2D eigenvalue weighted by molar-refractivity contribution is 7.97. The number of anilines is 1. The second kappa shape index (κ2) is 15.5. The van der Waals surface area contributed by atoms with E-state index in [1.165, 1.54) is 16.8 Å². The summed E-state index contributed by atoms with van der Waals surface area (Å²) < 4.78 is 54.6. The molecule has 0 spiro atoms. The molecule has 1 aliphatic heterocycles. The lowest BCUT2D eigenvalue weighted by Gasteiger charge is -2.33. The van der Waals surface area contributed by atoms with E-state index >= 15 is 0 Å². The normalized spacial score (nSPS) is 18.0. The van der Waals surface area contributed by atoms with E-state index in [1.54, 1.807) is 24.5 Å². The number of alkyl halides is 3. The fraction of sp³-hybridized carbons (Fsp3) is 0.571. The van der Waals surface area contributed by atoms with E-state index < -0.39 is 23.1 Å². The van der Waals surface area contributed by atoms with Crippen LogP contribution in [0.1, 0.15) is 89.9 Å². The third-order valence-electron chi connectivity index (χ3n) is 9.09. The molecule has 2 N–H and O–H groups in total. The first kappa shape index (κ1) is 38.5. The number of amides is 2. The SMILES string of the molecule is CC(C)(C)OC(=O)N1CC(CCCCNc2ccc(SNC(=O)c3ccc(-n4ccc(OCCC5(C(F)(F)F)CC5)n4)nc3Cl)nc2)CC1(C)C. The first-order chi connectivity index (χ1) is 23.9. The second-order valence-electron chi connectivity index (χ2n) is 14.8. The summed E-state index contributed by atoms with van der Waals surface area (Å²) in [6, 6.07) is 8.28. The number of ether oxygens (including phenoxy) is 2. The number of hydrogen-bond acceptors (Lipinski definition) is 9. The van der Waals surface area contributed by atoms with Gasteiger partial charge < -0.3 is 19.7 Å². The van der Waals surface area contributed by atoms with E-state index in [2.05, 4.69) is 39.0 Å². The quantitative estimate of drug-likeness (QED) is 0.0949. The Hall–Kier alpha value is -3.72. The zero-order chi connectivity index (χ0) is 37.0. The van der Waals surface area contributed by atoms with Crippen molar-refractivity contribution in [3.63, 3.8) is 0 Å². The van der Waals surface area contributed by atoms with E-state index in [0.29, 0.717) is 23.3 Å². The van der Waals surface area contributed by atoms with Crippen LogP contribution in [0.5, 0.6) is 5.88 Å². The van der Waals surface area contributed by atoms with Crippen LogP contribution in [-0.2, 0) is 4.74 Å². The molecule has 4 heterocycles. The molecule has 3 aromatic heterocycles. The summed E-state index contributed by atoms with van der Waals surface area (Å²) in [6.07, 6.45) is 2.91. The fourth-order valence-electron chi connectivity index (χ4n) is 6.12. The van der Waals surface area contributed by atoms with Crippen molar-refractivity contribution in [3.8, 4) is 11.7 Å². The van der Waals surface area contributed by atoms with Crippen molar-refractivity contribution in [1.29, 1.82) is 0 Å². The van der Waals surface area contributed by atoms with Gasteiger partial charge in [0.05, 0.1) is 29.5 Å². The Kier molecular flexibility index (Phi) is 11.7. The molecule has 5 rings (SSSR count). The number of nitrogens with one attached hydrogen (secondary N) is 2. The van der Waals surface area contributed by atoms with Gasteiger partial charge in [-0.1, -0.05) is 18.0 Å². The Morgan fingerprint density at radius 3 is 2.51 bits per heavy atom. The van der Waals surface area contributed by atoms with E-state index in [9.17, 15) is 22.8 Å². The van der Waals surface area contributed by atoms with Gasteiger partial charge in [-0.15, -0.1) is 5.10 Å². The third-order valence-corrected chi connectivity index (χ3v) is 10.1. The molecule has 278 valence electrons. The summed E-state index contributed by atoms with van der Waals surface area (Å²) in [5.74, 6) is 0.454. The van der Waals surface area contributed by atoms with Gasteiger partial charge in [0.15, 0.2) is 5.82 Å². The average Bonchev–Trinajstić information content (AvgIpc) is 3.59. The Labute approximate surface area is 305 Å². The number of unbranched alkanes of at least 4 members (excludes halogenated alkanes) is 1. The Morgan fingerprint density at radius 2 is 1.86 bits per heavy atom. The van der Waals surface area contributed by atoms with E-state index in [1.807, 2.05) is 31.7 Å². The highest BCUT2D eigenvalue weighted by Crippen LogP contribution is 2.59. The van der Waals surface area contributed by atoms with Crippen LogP contribution in [0.4, 0.5) is 23.7 Å². The van der Waals surface area contributed by atoms with E-state index in [0.717, 1.165) is 49.9 Å². The molecule has 3 aromatic rings. The fourth-order valence-corrected chi connectivity index (χ4v) is 6.90. The predicted molar refractivity (Wildman–Crippen MR) is 189 cm³/mol. The number of hydrogen-bond donors (Lipinski definition) is 2. The lowest BCUT2D eigenvalue weighted by atomic mass is 9.93. The van der Waals surface area contributed by atoms with Gasteiger partial charge in [-0.3, -0.25) is 9.52 Å². The maximum absolute atomic E-state index is 13.1. The van der Waals surface area contributed by atoms with E-state index in [-0.39, 0.29) is 54.1 Å². The van der Waals surface area contributed by atoms with Crippen LogP contribution < -0.4 is 14.8 Å². The standard InChI is InChI=1S/C35H45ClF3N7O4S/c1-32(2,3)50-31(48)45-22-23(20-33(45,4)5)8-6-7-17-40-24-9-12-28(41-21-24)51-44-30(47)25-10-11-26(42-29(25)36)46-18-13-27(43-46)49-19-16-34(14-15-34)35(37,38)39/h9-13,18,21,23,40H,6-8,14-17,19-20,22H2,1-5H3,(H,44,47). The van der Waals surface area contributed by atoms with Gasteiger partial charge in [0.2, 0.25) is 5.88 Å². The van der Waals surface area contributed by atoms with Crippen molar-refractivity contribution >= 4 is 41.2 Å². The second-order valence-corrected chi connectivity index (χ2v) is 16.0. The largest absolute Gasteiger partial charge is 0.477 e. The van der Waals surface area contributed by atoms with Gasteiger partial charge in [-0.05, 0) is 103 Å². The maximum atomic E-state index is 13.1. The van der Waals surface area contributed by atoms with Gasteiger partial charge in [-0.25, -0.2) is 19.4 Å².